The summed E-state index contributed by atoms with van der Waals surface area (Å²) in [6.45, 7) is 2.00. The predicted octanol–water partition coefficient (Wildman–Crippen LogP) is 4.69. The van der Waals surface area contributed by atoms with Crippen LogP contribution < -0.4 is 4.74 Å². The first-order valence-electron chi connectivity index (χ1n) is 6.65. The monoisotopic (exact) mass is 294 g/mol. The van der Waals surface area contributed by atoms with Crippen molar-refractivity contribution in [3.63, 3.8) is 0 Å². The van der Waals surface area contributed by atoms with Crippen LogP contribution in [0, 0.1) is 0 Å². The molecule has 0 unspecified atom stereocenters. The molecular formula is C19H18O3. The number of benzene rings is 3. The molecule has 112 valence electrons. The number of aromatic hydroxyl groups is 1. The van der Waals surface area contributed by atoms with Crippen molar-refractivity contribution in [1.29, 1.82) is 0 Å². The molecule has 0 spiro atoms. The summed E-state index contributed by atoms with van der Waals surface area (Å²) in [6, 6.07) is 28.2. The minimum atomic E-state index is 0.322. The number of phenolic OH excluding ortho intramolecular Hbond substituents is 1. The number of ether oxygens (including phenoxy) is 1. The normalized spacial score (nSPS) is 8.55. The third kappa shape index (κ3) is 6.91. The predicted molar refractivity (Wildman–Crippen MR) is 88.2 cm³/mol. The third-order valence-corrected chi connectivity index (χ3v) is 2.48. The molecule has 3 nitrogen and oxygen atoms in total. The van der Waals surface area contributed by atoms with Gasteiger partial charge in [-0.2, -0.15) is 0 Å². The van der Waals surface area contributed by atoms with E-state index in [4.69, 9.17) is 14.6 Å². The lowest BCUT2D eigenvalue weighted by molar-refractivity contribution is -0.0979. The summed E-state index contributed by atoms with van der Waals surface area (Å²) in [6.07, 6.45) is 0. The fourth-order valence-corrected chi connectivity index (χ4v) is 1.54. The van der Waals surface area contributed by atoms with Gasteiger partial charge in [0, 0.05) is 0 Å². The lowest BCUT2D eigenvalue weighted by Gasteiger charge is -2.03. The Balaban J connectivity index is 0.000000228. The van der Waals surface area contributed by atoms with Crippen LogP contribution in [0.2, 0.25) is 0 Å². The van der Waals surface area contributed by atoms with Crippen LogP contribution in [0.1, 0.15) is 0 Å². The molecular weight excluding hydrogens is 276 g/mol. The molecule has 3 aromatic rings. The van der Waals surface area contributed by atoms with E-state index in [1.165, 1.54) is 0 Å². The van der Waals surface area contributed by atoms with Gasteiger partial charge in [0.1, 0.15) is 24.0 Å². The van der Waals surface area contributed by atoms with Gasteiger partial charge in [0.2, 0.25) is 0 Å². The minimum absolute atomic E-state index is 0.322. The Bertz CT molecular complexity index is 572. The molecule has 0 heterocycles. The van der Waals surface area contributed by atoms with E-state index in [9.17, 15) is 0 Å². The van der Waals surface area contributed by atoms with Crippen molar-refractivity contribution in [3.05, 3.63) is 91.0 Å². The number of carbonyl (C=O) groups excluding carboxylic acids is 1. The highest BCUT2D eigenvalue weighted by Gasteiger charge is 1.92. The maximum atomic E-state index is 8.63. The van der Waals surface area contributed by atoms with Crippen LogP contribution in [0.5, 0.6) is 17.2 Å². The molecule has 0 amide bonds. The summed E-state index contributed by atoms with van der Waals surface area (Å²) >= 11 is 0. The standard InChI is InChI=1S/C12H10O.C6H6O.CH2O/c1-3-7-11(8-4-1)13-12-9-5-2-6-10-12;7-6-4-2-1-3-5-6;1-2/h1-10H;1-5,7H;1H2. The van der Waals surface area contributed by atoms with Gasteiger partial charge in [0.25, 0.3) is 0 Å². The lowest BCUT2D eigenvalue weighted by Crippen LogP contribution is -1.81. The van der Waals surface area contributed by atoms with Gasteiger partial charge in [0.15, 0.2) is 0 Å². The summed E-state index contributed by atoms with van der Waals surface area (Å²) in [7, 11) is 0. The first kappa shape index (κ1) is 17.0. The fourth-order valence-electron chi connectivity index (χ4n) is 1.54. The van der Waals surface area contributed by atoms with Gasteiger partial charge in [-0.05, 0) is 36.4 Å². The van der Waals surface area contributed by atoms with Crippen molar-refractivity contribution in [1.82, 2.24) is 0 Å². The number of para-hydroxylation sites is 3. The molecule has 3 aromatic carbocycles. The lowest BCUT2D eigenvalue weighted by atomic mass is 10.3. The van der Waals surface area contributed by atoms with Crippen molar-refractivity contribution in [2.45, 2.75) is 0 Å². The zero-order valence-electron chi connectivity index (χ0n) is 12.1. The van der Waals surface area contributed by atoms with Crippen LogP contribution >= 0.6 is 0 Å². The van der Waals surface area contributed by atoms with E-state index in [0.29, 0.717) is 5.75 Å². The topological polar surface area (TPSA) is 46.5 Å². The SMILES string of the molecule is C=O.Oc1ccccc1.c1ccc(Oc2ccccc2)cc1. The van der Waals surface area contributed by atoms with E-state index in [2.05, 4.69) is 0 Å². The van der Waals surface area contributed by atoms with Crippen molar-refractivity contribution in [2.24, 2.45) is 0 Å². The van der Waals surface area contributed by atoms with Gasteiger partial charge in [-0.1, -0.05) is 54.6 Å². The molecule has 0 aliphatic heterocycles. The average Bonchev–Trinajstić information content (AvgIpc) is 2.60. The highest BCUT2D eigenvalue weighted by molar-refractivity contribution is 5.30. The van der Waals surface area contributed by atoms with Crippen LogP contribution in [-0.4, -0.2) is 11.9 Å². The molecule has 0 saturated heterocycles. The molecule has 3 rings (SSSR count). The first-order chi connectivity index (χ1) is 10.8. The van der Waals surface area contributed by atoms with E-state index in [1.54, 1.807) is 24.3 Å². The van der Waals surface area contributed by atoms with Crippen LogP contribution in [0.25, 0.3) is 0 Å². The Labute approximate surface area is 130 Å². The number of carbonyl (C=O) groups is 1. The maximum Gasteiger partial charge on any atom is 0.127 e. The van der Waals surface area contributed by atoms with E-state index >= 15 is 0 Å². The summed E-state index contributed by atoms with van der Waals surface area (Å²) < 4.78 is 5.58. The highest BCUT2D eigenvalue weighted by atomic mass is 16.5. The van der Waals surface area contributed by atoms with Crippen molar-refractivity contribution in [2.75, 3.05) is 0 Å². The first-order valence-corrected chi connectivity index (χ1v) is 6.65. The second-order valence-electron chi connectivity index (χ2n) is 4.06. The van der Waals surface area contributed by atoms with Crippen molar-refractivity contribution in [3.8, 4) is 17.2 Å². The van der Waals surface area contributed by atoms with Crippen molar-refractivity contribution >= 4 is 6.79 Å². The summed E-state index contributed by atoms with van der Waals surface area (Å²) in [5, 5.41) is 8.63. The van der Waals surface area contributed by atoms with E-state index in [0.717, 1.165) is 11.5 Å². The van der Waals surface area contributed by atoms with E-state index in [1.807, 2.05) is 73.5 Å². The second-order valence-corrected chi connectivity index (χ2v) is 4.06. The average molecular weight is 294 g/mol. The Kier molecular flexibility index (Phi) is 8.25. The summed E-state index contributed by atoms with van der Waals surface area (Å²) in [5.41, 5.74) is 0. The zero-order chi connectivity index (χ0) is 16.0. The third-order valence-electron chi connectivity index (χ3n) is 2.48. The Morgan fingerprint density at radius 1 is 0.591 bits per heavy atom. The Morgan fingerprint density at radius 3 is 1.18 bits per heavy atom. The molecule has 22 heavy (non-hydrogen) atoms. The van der Waals surface area contributed by atoms with Crippen LogP contribution in [0.3, 0.4) is 0 Å². The van der Waals surface area contributed by atoms with Crippen LogP contribution in [0.4, 0.5) is 0 Å². The minimum Gasteiger partial charge on any atom is -0.508 e. The van der Waals surface area contributed by atoms with Crippen LogP contribution in [-0.2, 0) is 4.79 Å². The second kappa shape index (κ2) is 10.7. The Morgan fingerprint density at radius 2 is 0.909 bits per heavy atom. The molecule has 0 aliphatic rings. The molecule has 0 fully saturated rings. The van der Waals surface area contributed by atoms with Gasteiger partial charge in [0.05, 0.1) is 0 Å². The number of hydrogen-bond acceptors (Lipinski definition) is 3. The molecule has 0 radical (unpaired) electrons. The number of rotatable bonds is 2. The number of hydrogen-bond donors (Lipinski definition) is 1. The molecule has 1 N–H and O–H groups in total. The Hall–Kier alpha value is -3.07. The van der Waals surface area contributed by atoms with Gasteiger partial charge in [-0.3, -0.25) is 0 Å². The van der Waals surface area contributed by atoms with Gasteiger partial charge < -0.3 is 14.6 Å². The quantitative estimate of drug-likeness (QED) is 0.746. The molecule has 0 aromatic heterocycles. The van der Waals surface area contributed by atoms with Gasteiger partial charge >= 0.3 is 0 Å². The van der Waals surface area contributed by atoms with E-state index < -0.39 is 0 Å². The highest BCUT2D eigenvalue weighted by Crippen LogP contribution is 2.19. The molecule has 3 heteroatoms. The maximum absolute atomic E-state index is 8.63. The smallest absolute Gasteiger partial charge is 0.127 e. The van der Waals surface area contributed by atoms with E-state index in [-0.39, 0.29) is 0 Å². The molecule has 0 saturated carbocycles. The molecule has 0 atom stereocenters. The number of phenols is 1. The zero-order valence-corrected chi connectivity index (χ0v) is 12.1. The largest absolute Gasteiger partial charge is 0.508 e. The summed E-state index contributed by atoms with van der Waals surface area (Å²) in [5.74, 6) is 2.06. The van der Waals surface area contributed by atoms with Crippen molar-refractivity contribution < 1.29 is 14.6 Å². The molecule has 0 aliphatic carbocycles. The van der Waals surface area contributed by atoms with Gasteiger partial charge in [-0.25, -0.2) is 0 Å². The molecule has 0 bridgehead atoms. The fraction of sp³-hybridized carbons (Fsp3) is 0. The van der Waals surface area contributed by atoms with Crippen LogP contribution in [0.15, 0.2) is 91.0 Å². The van der Waals surface area contributed by atoms with Gasteiger partial charge in [-0.15, -0.1) is 0 Å². The summed E-state index contributed by atoms with van der Waals surface area (Å²) in [4.78, 5) is 8.00.